The highest BCUT2D eigenvalue weighted by molar-refractivity contribution is 5.71. The molecule has 0 saturated carbocycles. The zero-order valence-corrected chi connectivity index (χ0v) is 13.8. The predicted octanol–water partition coefficient (Wildman–Crippen LogP) is 1.99. The summed E-state index contributed by atoms with van der Waals surface area (Å²) < 4.78 is 16.9. The minimum absolute atomic E-state index is 0.142. The van der Waals surface area contributed by atoms with Gasteiger partial charge in [-0.05, 0) is 19.4 Å². The van der Waals surface area contributed by atoms with Gasteiger partial charge in [0, 0.05) is 13.0 Å². The van der Waals surface area contributed by atoms with Crippen LogP contribution in [-0.2, 0) is 19.0 Å². The summed E-state index contributed by atoms with van der Waals surface area (Å²) in [6, 6.07) is 0. The van der Waals surface area contributed by atoms with Crippen LogP contribution in [0.5, 0.6) is 0 Å². The highest BCUT2D eigenvalue weighted by Crippen LogP contribution is 2.29. The van der Waals surface area contributed by atoms with Crippen molar-refractivity contribution < 1.29 is 19.0 Å². The molecule has 1 aliphatic rings. The van der Waals surface area contributed by atoms with Crippen molar-refractivity contribution in [1.29, 1.82) is 0 Å². The average Bonchev–Trinajstić information content (AvgIpc) is 2.51. The minimum atomic E-state index is -0.490. The van der Waals surface area contributed by atoms with Gasteiger partial charge in [0.05, 0.1) is 13.2 Å². The maximum atomic E-state index is 11.6. The molecular weight excluding hydrogens is 282 g/mol. The molecule has 0 amide bonds. The van der Waals surface area contributed by atoms with Crippen molar-refractivity contribution in [2.75, 3.05) is 20.3 Å². The zero-order chi connectivity index (χ0) is 16.5. The van der Waals surface area contributed by atoms with E-state index in [2.05, 4.69) is 0 Å². The fourth-order valence-corrected chi connectivity index (χ4v) is 2.50. The van der Waals surface area contributed by atoms with Gasteiger partial charge in [-0.3, -0.25) is 4.79 Å². The second-order valence-corrected chi connectivity index (χ2v) is 5.41. The van der Waals surface area contributed by atoms with E-state index in [-0.39, 0.29) is 24.7 Å². The van der Waals surface area contributed by atoms with Crippen molar-refractivity contribution in [3.8, 4) is 0 Å². The van der Waals surface area contributed by atoms with Crippen LogP contribution >= 0.6 is 0 Å². The zero-order valence-electron chi connectivity index (χ0n) is 13.8. The summed E-state index contributed by atoms with van der Waals surface area (Å²) in [7, 11) is 1.62. The molecule has 22 heavy (non-hydrogen) atoms. The molecule has 124 valence electrons. The molecule has 4 atom stereocenters. The summed E-state index contributed by atoms with van der Waals surface area (Å²) in [6.45, 7) is 6.33. The van der Waals surface area contributed by atoms with Crippen LogP contribution < -0.4 is 5.73 Å². The molecule has 0 aromatic heterocycles. The SMILES string of the molecule is C/C=C/C=C/C=C(\C)C1OCC(C)C(OC)C1OC(=O)CN. The molecule has 1 fully saturated rings. The third-order valence-electron chi connectivity index (χ3n) is 3.65. The first-order valence-electron chi connectivity index (χ1n) is 7.55. The topological polar surface area (TPSA) is 70.8 Å². The number of esters is 1. The predicted molar refractivity (Wildman–Crippen MR) is 86.3 cm³/mol. The number of allylic oxidation sites excluding steroid dienone is 5. The maximum absolute atomic E-state index is 11.6. The summed E-state index contributed by atoms with van der Waals surface area (Å²) in [4.78, 5) is 11.6. The van der Waals surface area contributed by atoms with Gasteiger partial charge in [0.25, 0.3) is 0 Å². The quantitative estimate of drug-likeness (QED) is 0.600. The molecule has 0 aliphatic carbocycles. The Morgan fingerprint density at radius 3 is 2.64 bits per heavy atom. The van der Waals surface area contributed by atoms with E-state index in [0.717, 1.165) is 5.57 Å². The van der Waals surface area contributed by atoms with Gasteiger partial charge in [0.15, 0.2) is 6.10 Å². The Kier molecular flexibility index (Phi) is 8.09. The Hall–Kier alpha value is -1.43. The van der Waals surface area contributed by atoms with E-state index in [1.165, 1.54) is 0 Å². The molecule has 0 aromatic carbocycles. The summed E-state index contributed by atoms with van der Waals surface area (Å²) in [6.07, 6.45) is 8.68. The number of carbonyl (C=O) groups is 1. The number of carbonyl (C=O) groups excluding carboxylic acids is 1. The van der Waals surface area contributed by atoms with Crippen LogP contribution in [0, 0.1) is 5.92 Å². The summed E-state index contributed by atoms with van der Waals surface area (Å²) in [5.41, 5.74) is 6.33. The Morgan fingerprint density at radius 1 is 1.32 bits per heavy atom. The third kappa shape index (κ3) is 5.09. The van der Waals surface area contributed by atoms with E-state index in [9.17, 15) is 4.79 Å². The second kappa shape index (κ2) is 9.56. The Morgan fingerprint density at radius 2 is 2.05 bits per heavy atom. The standard InChI is InChI=1S/C17H27NO4/c1-5-6-7-8-9-12(2)16-17(22-14(19)10-18)15(20-4)13(3)11-21-16/h5-9,13,15-17H,10-11,18H2,1-4H3/b6-5+,8-7+,12-9+. The van der Waals surface area contributed by atoms with Crippen LogP contribution in [0.2, 0.25) is 0 Å². The van der Waals surface area contributed by atoms with Crippen molar-refractivity contribution in [3.63, 3.8) is 0 Å². The van der Waals surface area contributed by atoms with E-state index >= 15 is 0 Å². The number of hydrogen-bond acceptors (Lipinski definition) is 5. The molecule has 1 saturated heterocycles. The van der Waals surface area contributed by atoms with Crippen LogP contribution in [0.1, 0.15) is 20.8 Å². The van der Waals surface area contributed by atoms with Crippen LogP contribution in [-0.4, -0.2) is 44.5 Å². The molecule has 1 aliphatic heterocycles. The van der Waals surface area contributed by atoms with Gasteiger partial charge in [-0.15, -0.1) is 0 Å². The van der Waals surface area contributed by atoms with Gasteiger partial charge >= 0.3 is 5.97 Å². The Bertz CT molecular complexity index is 442. The van der Waals surface area contributed by atoms with Gasteiger partial charge in [0.2, 0.25) is 0 Å². The molecule has 0 aromatic rings. The van der Waals surface area contributed by atoms with Crippen molar-refractivity contribution >= 4 is 5.97 Å². The van der Waals surface area contributed by atoms with Crippen LogP contribution in [0.3, 0.4) is 0 Å². The first-order valence-corrected chi connectivity index (χ1v) is 7.55. The van der Waals surface area contributed by atoms with Gasteiger partial charge in [0.1, 0.15) is 12.2 Å². The lowest BCUT2D eigenvalue weighted by Crippen LogP contribution is -2.53. The molecule has 0 bridgehead atoms. The van der Waals surface area contributed by atoms with E-state index in [1.807, 2.05) is 51.2 Å². The first-order chi connectivity index (χ1) is 10.5. The van der Waals surface area contributed by atoms with Crippen molar-refractivity contribution in [2.24, 2.45) is 11.7 Å². The number of hydrogen-bond donors (Lipinski definition) is 1. The van der Waals surface area contributed by atoms with E-state index in [0.29, 0.717) is 6.61 Å². The van der Waals surface area contributed by atoms with Gasteiger partial charge < -0.3 is 19.9 Å². The number of methoxy groups -OCH3 is 1. The second-order valence-electron chi connectivity index (χ2n) is 5.41. The van der Waals surface area contributed by atoms with E-state index in [4.69, 9.17) is 19.9 Å². The molecular formula is C17H27NO4. The third-order valence-corrected chi connectivity index (χ3v) is 3.65. The molecule has 0 radical (unpaired) electrons. The lowest BCUT2D eigenvalue weighted by Gasteiger charge is -2.40. The molecule has 5 heteroatoms. The smallest absolute Gasteiger partial charge is 0.320 e. The largest absolute Gasteiger partial charge is 0.455 e. The number of ether oxygens (including phenoxy) is 3. The Labute approximate surface area is 132 Å². The molecule has 4 unspecified atom stereocenters. The van der Waals surface area contributed by atoms with Crippen molar-refractivity contribution in [2.45, 2.75) is 39.1 Å². The van der Waals surface area contributed by atoms with Crippen LogP contribution in [0.25, 0.3) is 0 Å². The van der Waals surface area contributed by atoms with Crippen molar-refractivity contribution in [1.82, 2.24) is 0 Å². The maximum Gasteiger partial charge on any atom is 0.320 e. The summed E-state index contributed by atoms with van der Waals surface area (Å²) >= 11 is 0. The fraction of sp³-hybridized carbons (Fsp3) is 0.588. The molecule has 5 nitrogen and oxygen atoms in total. The number of rotatable bonds is 6. The van der Waals surface area contributed by atoms with Gasteiger partial charge in [-0.2, -0.15) is 0 Å². The fourth-order valence-electron chi connectivity index (χ4n) is 2.50. The highest BCUT2D eigenvalue weighted by atomic mass is 16.6. The molecule has 2 N–H and O–H groups in total. The summed E-state index contributed by atoms with van der Waals surface area (Å²) in [5, 5.41) is 0. The minimum Gasteiger partial charge on any atom is -0.455 e. The lowest BCUT2D eigenvalue weighted by atomic mass is 9.90. The molecule has 1 rings (SSSR count). The average molecular weight is 309 g/mol. The highest BCUT2D eigenvalue weighted by Gasteiger charge is 2.41. The molecule has 0 spiro atoms. The molecule has 1 heterocycles. The first kappa shape index (κ1) is 18.6. The summed E-state index contributed by atoms with van der Waals surface area (Å²) in [5.74, 6) is -0.310. The Balaban J connectivity index is 2.94. The van der Waals surface area contributed by atoms with E-state index < -0.39 is 12.1 Å². The normalized spacial score (nSPS) is 30.1. The van der Waals surface area contributed by atoms with Crippen LogP contribution in [0.4, 0.5) is 0 Å². The van der Waals surface area contributed by atoms with Gasteiger partial charge in [-0.1, -0.05) is 37.3 Å². The van der Waals surface area contributed by atoms with Crippen LogP contribution in [0.15, 0.2) is 36.0 Å². The number of nitrogens with two attached hydrogens (primary N) is 1. The van der Waals surface area contributed by atoms with Crippen molar-refractivity contribution in [3.05, 3.63) is 36.0 Å². The van der Waals surface area contributed by atoms with E-state index in [1.54, 1.807) is 7.11 Å². The lowest BCUT2D eigenvalue weighted by molar-refractivity contribution is -0.190. The van der Waals surface area contributed by atoms with Gasteiger partial charge in [-0.25, -0.2) is 0 Å². The monoisotopic (exact) mass is 309 g/mol.